The maximum atomic E-state index is 13.5. The lowest BCUT2D eigenvalue weighted by Crippen LogP contribution is -2.15. The van der Waals surface area contributed by atoms with Crippen molar-refractivity contribution in [3.05, 3.63) is 59.4 Å². The van der Waals surface area contributed by atoms with Crippen LogP contribution in [-0.2, 0) is 0 Å². The van der Waals surface area contributed by atoms with Crippen LogP contribution in [0.1, 0.15) is 20.7 Å². The van der Waals surface area contributed by atoms with Crippen molar-refractivity contribution in [2.45, 2.75) is 0 Å². The van der Waals surface area contributed by atoms with Crippen LogP contribution in [0.5, 0.6) is 5.75 Å². The van der Waals surface area contributed by atoms with Crippen LogP contribution in [0.15, 0.2) is 42.5 Å². The summed E-state index contributed by atoms with van der Waals surface area (Å²) in [6, 6.07) is 9.30. The van der Waals surface area contributed by atoms with Crippen molar-refractivity contribution < 1.29 is 24.2 Å². The van der Waals surface area contributed by atoms with Gasteiger partial charge in [-0.25, -0.2) is 9.18 Å². The first kappa shape index (κ1) is 13.5. The van der Waals surface area contributed by atoms with E-state index in [0.29, 0.717) is 0 Å². The molecule has 6 heteroatoms. The number of para-hydroxylation sites is 1. The summed E-state index contributed by atoms with van der Waals surface area (Å²) >= 11 is 0. The maximum absolute atomic E-state index is 13.5. The summed E-state index contributed by atoms with van der Waals surface area (Å²) in [5.41, 5.74) is -0.838. The number of nitrogens with one attached hydrogen (secondary N) is 1. The molecule has 0 aliphatic heterocycles. The first-order valence-corrected chi connectivity index (χ1v) is 5.62. The summed E-state index contributed by atoms with van der Waals surface area (Å²) in [4.78, 5) is 22.9. The number of amides is 1. The van der Waals surface area contributed by atoms with E-state index < -0.39 is 23.3 Å². The molecule has 0 heterocycles. The van der Waals surface area contributed by atoms with E-state index >= 15 is 0 Å². The zero-order valence-electron chi connectivity index (χ0n) is 10.1. The average Bonchev–Trinajstić information content (AvgIpc) is 2.38. The first-order chi connectivity index (χ1) is 9.50. The second kappa shape index (κ2) is 5.40. The summed E-state index contributed by atoms with van der Waals surface area (Å²) < 4.78 is 13.5. The fourth-order valence-corrected chi connectivity index (χ4v) is 1.70. The lowest BCUT2D eigenvalue weighted by atomic mass is 10.1. The minimum atomic E-state index is -1.49. The number of hydrogen-bond donors (Lipinski definition) is 3. The van der Waals surface area contributed by atoms with Crippen molar-refractivity contribution >= 4 is 17.6 Å². The molecule has 0 bridgehead atoms. The highest BCUT2D eigenvalue weighted by Crippen LogP contribution is 2.22. The number of carboxylic acids is 1. The predicted octanol–water partition coefficient (Wildman–Crippen LogP) is 2.48. The van der Waals surface area contributed by atoms with Gasteiger partial charge >= 0.3 is 5.97 Å². The monoisotopic (exact) mass is 275 g/mol. The van der Waals surface area contributed by atoms with E-state index in [1.807, 2.05) is 0 Å². The van der Waals surface area contributed by atoms with Crippen molar-refractivity contribution in [2.75, 3.05) is 5.32 Å². The Bertz CT molecular complexity index is 685. The van der Waals surface area contributed by atoms with Crippen LogP contribution < -0.4 is 5.32 Å². The Morgan fingerprint density at radius 3 is 2.40 bits per heavy atom. The van der Waals surface area contributed by atoms with Gasteiger partial charge in [0, 0.05) is 0 Å². The fraction of sp³-hybridized carbons (Fsp3) is 0. The molecule has 2 aromatic carbocycles. The Morgan fingerprint density at radius 2 is 1.75 bits per heavy atom. The van der Waals surface area contributed by atoms with E-state index in [1.165, 1.54) is 36.4 Å². The van der Waals surface area contributed by atoms with Crippen LogP contribution in [0.2, 0.25) is 0 Å². The molecule has 0 radical (unpaired) electrons. The van der Waals surface area contributed by atoms with Gasteiger partial charge in [-0.15, -0.1) is 0 Å². The van der Waals surface area contributed by atoms with Crippen molar-refractivity contribution in [1.29, 1.82) is 0 Å². The number of carbonyl (C=O) groups is 2. The molecule has 1 amide bonds. The number of phenols is 1. The van der Waals surface area contributed by atoms with E-state index in [4.69, 9.17) is 5.11 Å². The Morgan fingerprint density at radius 1 is 1.05 bits per heavy atom. The second-order valence-electron chi connectivity index (χ2n) is 3.94. The second-order valence-corrected chi connectivity index (χ2v) is 3.94. The summed E-state index contributed by atoms with van der Waals surface area (Å²) in [7, 11) is 0. The number of phenolic OH excluding ortho intramolecular Hbond substituents is 1. The molecule has 2 aromatic rings. The SMILES string of the molecule is O=C(Nc1cccc(F)c1C(=O)O)c1ccccc1O. The van der Waals surface area contributed by atoms with Crippen molar-refractivity contribution in [2.24, 2.45) is 0 Å². The molecule has 0 spiro atoms. The number of carbonyl (C=O) groups excluding carboxylic acids is 1. The van der Waals surface area contributed by atoms with Gasteiger partial charge in [0.15, 0.2) is 0 Å². The molecule has 0 aromatic heterocycles. The predicted molar refractivity (Wildman–Crippen MR) is 69.4 cm³/mol. The first-order valence-electron chi connectivity index (χ1n) is 5.62. The molecule has 20 heavy (non-hydrogen) atoms. The van der Waals surface area contributed by atoms with E-state index in [-0.39, 0.29) is 17.0 Å². The molecule has 5 nitrogen and oxygen atoms in total. The van der Waals surface area contributed by atoms with Gasteiger partial charge in [-0.3, -0.25) is 4.79 Å². The van der Waals surface area contributed by atoms with Crippen LogP contribution in [-0.4, -0.2) is 22.1 Å². The molecule has 102 valence electrons. The summed E-state index contributed by atoms with van der Waals surface area (Å²) in [6.45, 7) is 0. The number of halogens is 1. The Labute approximate surface area is 113 Å². The van der Waals surface area contributed by atoms with Gasteiger partial charge in [0.2, 0.25) is 0 Å². The van der Waals surface area contributed by atoms with E-state index in [9.17, 15) is 19.1 Å². The molecule has 3 N–H and O–H groups in total. The van der Waals surface area contributed by atoms with Crippen LogP contribution >= 0.6 is 0 Å². The number of benzene rings is 2. The zero-order chi connectivity index (χ0) is 14.7. The van der Waals surface area contributed by atoms with E-state index in [1.54, 1.807) is 0 Å². The van der Waals surface area contributed by atoms with Crippen molar-refractivity contribution in [3.8, 4) is 5.75 Å². The number of aromatic hydroxyl groups is 1. The third kappa shape index (κ3) is 2.59. The number of carboxylic acid groups (broad SMARTS) is 1. The highest BCUT2D eigenvalue weighted by Gasteiger charge is 2.18. The fourth-order valence-electron chi connectivity index (χ4n) is 1.70. The van der Waals surface area contributed by atoms with Gasteiger partial charge in [-0.05, 0) is 24.3 Å². The molecule has 0 atom stereocenters. The number of rotatable bonds is 3. The van der Waals surface area contributed by atoms with E-state index in [2.05, 4.69) is 5.32 Å². The van der Waals surface area contributed by atoms with Gasteiger partial charge in [0.05, 0.1) is 11.3 Å². The van der Waals surface area contributed by atoms with Gasteiger partial charge in [-0.2, -0.15) is 0 Å². The largest absolute Gasteiger partial charge is 0.507 e. The third-order valence-electron chi connectivity index (χ3n) is 2.62. The van der Waals surface area contributed by atoms with Gasteiger partial charge in [0.25, 0.3) is 5.91 Å². The van der Waals surface area contributed by atoms with Gasteiger partial charge in [-0.1, -0.05) is 18.2 Å². The molecule has 0 aliphatic carbocycles. The topological polar surface area (TPSA) is 86.6 Å². The van der Waals surface area contributed by atoms with Gasteiger partial charge in [0.1, 0.15) is 17.1 Å². The van der Waals surface area contributed by atoms with E-state index in [0.717, 1.165) is 6.07 Å². The highest BCUT2D eigenvalue weighted by molar-refractivity contribution is 6.09. The molecule has 0 aliphatic rings. The summed E-state index contributed by atoms with van der Waals surface area (Å²) in [5.74, 6) is -3.42. The summed E-state index contributed by atoms with van der Waals surface area (Å²) in [6.07, 6.45) is 0. The number of hydrogen-bond acceptors (Lipinski definition) is 3. The van der Waals surface area contributed by atoms with Crippen LogP contribution in [0.25, 0.3) is 0 Å². The number of anilines is 1. The van der Waals surface area contributed by atoms with Crippen LogP contribution in [0.3, 0.4) is 0 Å². The van der Waals surface area contributed by atoms with Crippen molar-refractivity contribution in [1.82, 2.24) is 0 Å². The number of aromatic carboxylic acids is 1. The quantitative estimate of drug-likeness (QED) is 0.803. The molecular formula is C14H10FNO4. The van der Waals surface area contributed by atoms with Gasteiger partial charge < -0.3 is 15.5 Å². The third-order valence-corrected chi connectivity index (χ3v) is 2.62. The lowest BCUT2D eigenvalue weighted by Gasteiger charge is -2.09. The Hall–Kier alpha value is -2.89. The normalized spacial score (nSPS) is 10.1. The van der Waals surface area contributed by atoms with Crippen LogP contribution in [0, 0.1) is 5.82 Å². The standard InChI is InChI=1S/C14H10FNO4/c15-9-5-3-6-10(12(9)14(19)20)16-13(18)8-4-1-2-7-11(8)17/h1-7,17H,(H,16,18)(H,19,20). The maximum Gasteiger partial charge on any atom is 0.340 e. The Kier molecular flexibility index (Phi) is 3.65. The van der Waals surface area contributed by atoms with Crippen molar-refractivity contribution in [3.63, 3.8) is 0 Å². The molecular weight excluding hydrogens is 265 g/mol. The highest BCUT2D eigenvalue weighted by atomic mass is 19.1. The smallest absolute Gasteiger partial charge is 0.340 e. The zero-order valence-corrected chi connectivity index (χ0v) is 10.1. The molecule has 0 saturated carbocycles. The molecule has 0 saturated heterocycles. The molecule has 2 rings (SSSR count). The average molecular weight is 275 g/mol. The Balaban J connectivity index is 2.36. The minimum Gasteiger partial charge on any atom is -0.507 e. The molecule has 0 unspecified atom stereocenters. The summed E-state index contributed by atoms with van der Waals surface area (Å²) in [5, 5.41) is 20.8. The molecule has 0 fully saturated rings. The lowest BCUT2D eigenvalue weighted by molar-refractivity contribution is 0.0693. The minimum absolute atomic E-state index is 0.0342. The van der Waals surface area contributed by atoms with Crippen LogP contribution in [0.4, 0.5) is 10.1 Å².